The Hall–Kier alpha value is -2.66. The number of benzene rings is 2. The Morgan fingerprint density at radius 2 is 1.77 bits per heavy atom. The van der Waals surface area contributed by atoms with Crippen LogP contribution in [0, 0.1) is 5.92 Å². The van der Waals surface area contributed by atoms with Gasteiger partial charge in [-0.05, 0) is 61.4 Å². The molecule has 0 saturated carbocycles. The van der Waals surface area contributed by atoms with Crippen LogP contribution in [0.15, 0.2) is 54.6 Å². The molecule has 0 radical (unpaired) electrons. The van der Waals surface area contributed by atoms with Crippen LogP contribution in [0.2, 0.25) is 0 Å². The number of quaternary nitrogens is 1. The van der Waals surface area contributed by atoms with E-state index in [2.05, 4.69) is 35.6 Å². The van der Waals surface area contributed by atoms with Crippen molar-refractivity contribution in [1.29, 1.82) is 0 Å². The summed E-state index contributed by atoms with van der Waals surface area (Å²) in [6.07, 6.45) is 5.75. The van der Waals surface area contributed by atoms with E-state index in [0.29, 0.717) is 12.8 Å². The van der Waals surface area contributed by atoms with E-state index >= 15 is 0 Å². The van der Waals surface area contributed by atoms with Gasteiger partial charge in [-0.3, -0.25) is 9.59 Å². The van der Waals surface area contributed by atoms with Gasteiger partial charge < -0.3 is 15.1 Å². The highest BCUT2D eigenvalue weighted by atomic mass is 16.2. The molecule has 2 aromatic carbocycles. The van der Waals surface area contributed by atoms with Gasteiger partial charge in [0.1, 0.15) is 0 Å². The Bertz CT molecular complexity index is 842. The maximum absolute atomic E-state index is 12.4. The Morgan fingerprint density at radius 1 is 1.03 bits per heavy atom. The first-order valence-electron chi connectivity index (χ1n) is 11.2. The van der Waals surface area contributed by atoms with Gasteiger partial charge in [0.25, 0.3) is 0 Å². The van der Waals surface area contributed by atoms with Gasteiger partial charge in [0, 0.05) is 24.3 Å². The summed E-state index contributed by atoms with van der Waals surface area (Å²) in [6, 6.07) is 18.4. The average Bonchev–Trinajstić information content (AvgIpc) is 3.20. The van der Waals surface area contributed by atoms with Crippen LogP contribution in [0.1, 0.15) is 37.7 Å². The van der Waals surface area contributed by atoms with Crippen LogP contribution in [0.3, 0.4) is 0 Å². The van der Waals surface area contributed by atoms with E-state index in [1.807, 2.05) is 29.2 Å². The molecule has 158 valence electrons. The predicted octanol–water partition coefficient (Wildman–Crippen LogP) is 2.68. The van der Waals surface area contributed by atoms with Gasteiger partial charge in [-0.2, -0.15) is 0 Å². The number of nitrogens with one attached hydrogen (secondary N) is 2. The molecule has 0 atom stereocenters. The van der Waals surface area contributed by atoms with Crippen molar-refractivity contribution in [3.8, 4) is 0 Å². The quantitative estimate of drug-likeness (QED) is 0.743. The first-order valence-corrected chi connectivity index (χ1v) is 11.2. The van der Waals surface area contributed by atoms with Crippen LogP contribution in [0.5, 0.6) is 0 Å². The van der Waals surface area contributed by atoms with Crippen LogP contribution >= 0.6 is 0 Å². The number of rotatable bonds is 7. The molecule has 2 aliphatic rings. The van der Waals surface area contributed by atoms with Crippen LogP contribution in [0.25, 0.3) is 0 Å². The van der Waals surface area contributed by atoms with Crippen molar-refractivity contribution < 1.29 is 14.5 Å². The lowest BCUT2D eigenvalue weighted by Gasteiger charge is -2.29. The van der Waals surface area contributed by atoms with Crippen molar-refractivity contribution in [3.63, 3.8) is 0 Å². The number of hydrogen-bond donors (Lipinski definition) is 2. The Morgan fingerprint density at radius 3 is 2.43 bits per heavy atom. The summed E-state index contributed by atoms with van der Waals surface area (Å²) in [4.78, 5) is 27.6. The number of likely N-dealkylation sites (tertiary alicyclic amines) is 1. The van der Waals surface area contributed by atoms with Gasteiger partial charge in [0.2, 0.25) is 11.8 Å². The number of piperidine rings is 1. The minimum atomic E-state index is 0.0684. The molecule has 5 heteroatoms. The number of carbonyl (C=O) groups excluding carboxylic acids is 2. The van der Waals surface area contributed by atoms with Crippen molar-refractivity contribution >= 4 is 23.2 Å². The van der Waals surface area contributed by atoms with Crippen molar-refractivity contribution in [2.75, 3.05) is 36.4 Å². The highest BCUT2D eigenvalue weighted by Crippen LogP contribution is 2.23. The largest absolute Gasteiger partial charge is 0.334 e. The van der Waals surface area contributed by atoms with Gasteiger partial charge in [0.05, 0.1) is 26.1 Å². The molecular weight excluding hydrogens is 374 g/mol. The summed E-state index contributed by atoms with van der Waals surface area (Å²) < 4.78 is 0. The topological polar surface area (TPSA) is 53.9 Å². The fourth-order valence-electron chi connectivity index (χ4n) is 4.65. The third-order valence-electron chi connectivity index (χ3n) is 6.42. The zero-order chi connectivity index (χ0) is 20.8. The third-order valence-corrected chi connectivity index (χ3v) is 6.42. The minimum absolute atomic E-state index is 0.0684. The van der Waals surface area contributed by atoms with E-state index in [0.717, 1.165) is 49.9 Å². The molecule has 0 bridgehead atoms. The second kappa shape index (κ2) is 9.90. The summed E-state index contributed by atoms with van der Waals surface area (Å²) in [5.41, 5.74) is 3.15. The Labute approximate surface area is 179 Å². The lowest BCUT2D eigenvalue weighted by molar-refractivity contribution is -0.905. The Kier molecular flexibility index (Phi) is 6.80. The number of nitrogens with zero attached hydrogens (tertiary/aromatic N) is 1. The van der Waals surface area contributed by atoms with Gasteiger partial charge in [0.15, 0.2) is 0 Å². The molecule has 0 spiro atoms. The second-order valence-electron chi connectivity index (χ2n) is 8.63. The van der Waals surface area contributed by atoms with Crippen molar-refractivity contribution in [1.82, 2.24) is 0 Å². The molecule has 2 heterocycles. The molecule has 5 nitrogen and oxygen atoms in total. The normalized spacial score (nSPS) is 21.6. The minimum Gasteiger partial charge on any atom is -0.334 e. The van der Waals surface area contributed by atoms with E-state index in [1.165, 1.54) is 29.7 Å². The fourth-order valence-corrected chi connectivity index (χ4v) is 4.65. The van der Waals surface area contributed by atoms with Gasteiger partial charge in [-0.1, -0.05) is 30.3 Å². The van der Waals surface area contributed by atoms with Gasteiger partial charge in [-0.15, -0.1) is 0 Å². The molecule has 2 aromatic rings. The molecule has 2 saturated heterocycles. The van der Waals surface area contributed by atoms with E-state index < -0.39 is 0 Å². The molecule has 0 unspecified atom stereocenters. The number of anilines is 2. The predicted molar refractivity (Wildman–Crippen MR) is 120 cm³/mol. The van der Waals surface area contributed by atoms with Crippen molar-refractivity contribution in [2.24, 2.45) is 5.92 Å². The first-order chi connectivity index (χ1) is 14.7. The van der Waals surface area contributed by atoms with Crippen molar-refractivity contribution in [3.05, 3.63) is 60.2 Å². The third kappa shape index (κ3) is 5.48. The fraction of sp³-hybridized carbons (Fsp3) is 0.440. The molecule has 0 aliphatic carbocycles. The smallest absolute Gasteiger partial charge is 0.230 e. The number of carbonyl (C=O) groups is 2. The number of amides is 2. The molecule has 30 heavy (non-hydrogen) atoms. The lowest BCUT2D eigenvalue weighted by atomic mass is 9.90. The standard InChI is InChI=1S/C25H31N3O2/c29-24(26-22-8-10-23(11-9-22)28-15-4-7-25(28)30)14-18-27-16-12-21(13-17-27)19-20-5-2-1-3-6-20/h1-3,5-6,8-11,21H,4,7,12-19H2,(H,26,29)/p+1. The maximum Gasteiger partial charge on any atom is 0.230 e. The SMILES string of the molecule is O=C(CC[NH+]1CCC(Cc2ccccc2)CC1)Nc1ccc(N2CCCC2=O)cc1. The van der Waals surface area contributed by atoms with E-state index in [9.17, 15) is 9.59 Å². The molecular formula is C25H32N3O2+. The summed E-state index contributed by atoms with van der Waals surface area (Å²) in [5, 5.41) is 3.00. The summed E-state index contributed by atoms with van der Waals surface area (Å²) in [7, 11) is 0. The summed E-state index contributed by atoms with van der Waals surface area (Å²) in [5.74, 6) is 1.02. The molecule has 2 amide bonds. The van der Waals surface area contributed by atoms with Crippen LogP contribution in [0.4, 0.5) is 11.4 Å². The molecule has 0 aromatic heterocycles. The number of hydrogen-bond acceptors (Lipinski definition) is 2. The highest BCUT2D eigenvalue weighted by molar-refractivity contribution is 5.96. The maximum atomic E-state index is 12.4. The van der Waals surface area contributed by atoms with E-state index in [1.54, 1.807) is 0 Å². The first kappa shape index (κ1) is 20.6. The molecule has 2 fully saturated rings. The highest BCUT2D eigenvalue weighted by Gasteiger charge is 2.23. The molecule has 2 aliphatic heterocycles. The summed E-state index contributed by atoms with van der Waals surface area (Å²) >= 11 is 0. The zero-order valence-electron chi connectivity index (χ0n) is 17.6. The van der Waals surface area contributed by atoms with Crippen LogP contribution in [-0.2, 0) is 16.0 Å². The lowest BCUT2D eigenvalue weighted by Crippen LogP contribution is -3.13. The summed E-state index contributed by atoms with van der Waals surface area (Å²) in [6.45, 7) is 3.99. The Balaban J connectivity index is 1.17. The molecule has 2 N–H and O–H groups in total. The zero-order valence-corrected chi connectivity index (χ0v) is 17.6. The van der Waals surface area contributed by atoms with Crippen LogP contribution < -0.4 is 15.1 Å². The van der Waals surface area contributed by atoms with E-state index in [4.69, 9.17) is 0 Å². The monoisotopic (exact) mass is 406 g/mol. The van der Waals surface area contributed by atoms with Gasteiger partial charge >= 0.3 is 0 Å². The van der Waals surface area contributed by atoms with Crippen LogP contribution in [-0.4, -0.2) is 38.0 Å². The van der Waals surface area contributed by atoms with E-state index in [-0.39, 0.29) is 11.8 Å². The second-order valence-corrected chi connectivity index (χ2v) is 8.63. The average molecular weight is 407 g/mol. The van der Waals surface area contributed by atoms with Crippen molar-refractivity contribution in [2.45, 2.75) is 38.5 Å². The van der Waals surface area contributed by atoms with Gasteiger partial charge in [-0.25, -0.2) is 0 Å². The molecule has 4 rings (SSSR count).